The molecule has 2 aliphatic rings. The van der Waals surface area contributed by atoms with Crippen molar-refractivity contribution in [3.05, 3.63) is 124 Å². The number of nitrogens with one attached hydrogen (secondary N) is 1. The summed E-state index contributed by atoms with van der Waals surface area (Å²) in [6, 6.07) is 31.2. The topological polar surface area (TPSA) is 47.6 Å². The highest BCUT2D eigenvalue weighted by Gasteiger charge is 2.20. The average Bonchev–Trinajstić information content (AvgIpc) is 3.05. The first-order valence-electron chi connectivity index (χ1n) is 11.9. The van der Waals surface area contributed by atoms with E-state index in [1.807, 2.05) is 36.4 Å². The predicted octanol–water partition coefficient (Wildman–Crippen LogP) is 6.28. The quantitative estimate of drug-likeness (QED) is 0.390. The Balaban J connectivity index is 1.38. The summed E-state index contributed by atoms with van der Waals surface area (Å²) in [4.78, 5) is 11.8. The molecular formula is C31H25NO3. The summed E-state index contributed by atoms with van der Waals surface area (Å²) in [6.45, 7) is 0.605. The van der Waals surface area contributed by atoms with E-state index in [4.69, 9.17) is 9.47 Å². The molecule has 1 aliphatic carbocycles. The fraction of sp³-hybridized carbons (Fsp3) is 0.129. The van der Waals surface area contributed by atoms with E-state index in [-0.39, 0.29) is 12.5 Å². The smallest absolute Gasteiger partial charge is 0.262 e. The standard InChI is InChI=1S/C31H25NO3/c33-31-20-35-30-15-10-22(17-29(30)32-31)16-28-26-9-5-4-8-23(26)11-12-24-18-25(13-14-27(24)28)34-19-21-6-2-1-3-7-21/h1-10,13-18H,11-12,19-20H2,(H,32,33)/b28-16+. The van der Waals surface area contributed by atoms with Gasteiger partial charge in [0.15, 0.2) is 6.61 Å². The Hall–Kier alpha value is -4.31. The normalized spacial score (nSPS) is 15.2. The first-order valence-corrected chi connectivity index (χ1v) is 11.9. The lowest BCUT2D eigenvalue weighted by molar-refractivity contribution is -0.118. The number of carbonyl (C=O) groups excluding carboxylic acids is 1. The minimum Gasteiger partial charge on any atom is -0.489 e. The summed E-state index contributed by atoms with van der Waals surface area (Å²) >= 11 is 0. The zero-order chi connectivity index (χ0) is 23.6. The monoisotopic (exact) mass is 459 g/mol. The molecule has 4 aromatic rings. The Bertz CT molecular complexity index is 1440. The number of fused-ring (bicyclic) bond motifs is 3. The first kappa shape index (κ1) is 21.2. The van der Waals surface area contributed by atoms with Crippen molar-refractivity contribution in [1.29, 1.82) is 0 Å². The Morgan fingerprint density at radius 2 is 1.63 bits per heavy atom. The maximum atomic E-state index is 11.8. The van der Waals surface area contributed by atoms with Crippen LogP contribution in [0.2, 0.25) is 0 Å². The van der Waals surface area contributed by atoms with E-state index in [2.05, 4.69) is 66.0 Å². The van der Waals surface area contributed by atoms with E-state index in [1.165, 1.54) is 27.8 Å². The summed E-state index contributed by atoms with van der Waals surface area (Å²) in [5, 5.41) is 2.91. The second kappa shape index (κ2) is 9.15. The van der Waals surface area contributed by atoms with Gasteiger partial charge in [-0.3, -0.25) is 4.79 Å². The third-order valence-electron chi connectivity index (χ3n) is 6.53. The molecule has 4 aromatic carbocycles. The van der Waals surface area contributed by atoms with Crippen LogP contribution >= 0.6 is 0 Å². The van der Waals surface area contributed by atoms with Crippen LogP contribution in [-0.2, 0) is 24.2 Å². The highest BCUT2D eigenvalue weighted by molar-refractivity contribution is 5.98. The van der Waals surface area contributed by atoms with Gasteiger partial charge >= 0.3 is 0 Å². The van der Waals surface area contributed by atoms with Crippen molar-refractivity contribution in [2.45, 2.75) is 19.4 Å². The van der Waals surface area contributed by atoms with Gasteiger partial charge in [0.1, 0.15) is 18.1 Å². The Morgan fingerprint density at radius 1 is 0.829 bits per heavy atom. The Kier molecular flexibility index (Phi) is 5.55. The van der Waals surface area contributed by atoms with Crippen molar-refractivity contribution in [1.82, 2.24) is 0 Å². The predicted molar refractivity (Wildman–Crippen MR) is 139 cm³/mol. The largest absolute Gasteiger partial charge is 0.489 e. The fourth-order valence-electron chi connectivity index (χ4n) is 4.80. The van der Waals surface area contributed by atoms with E-state index in [1.54, 1.807) is 0 Å². The lowest BCUT2D eigenvalue weighted by atomic mass is 9.92. The van der Waals surface area contributed by atoms with E-state index in [0.717, 1.165) is 29.7 Å². The van der Waals surface area contributed by atoms with Gasteiger partial charge in [0.25, 0.3) is 5.91 Å². The molecule has 0 radical (unpaired) electrons. The van der Waals surface area contributed by atoms with Crippen molar-refractivity contribution in [3.8, 4) is 11.5 Å². The zero-order valence-electron chi connectivity index (χ0n) is 19.3. The molecule has 0 atom stereocenters. The zero-order valence-corrected chi connectivity index (χ0v) is 19.3. The van der Waals surface area contributed by atoms with Crippen LogP contribution < -0.4 is 14.8 Å². The van der Waals surface area contributed by atoms with Gasteiger partial charge in [-0.1, -0.05) is 66.7 Å². The van der Waals surface area contributed by atoms with Crippen LogP contribution in [0.25, 0.3) is 11.6 Å². The van der Waals surface area contributed by atoms with Gasteiger partial charge in [-0.15, -0.1) is 0 Å². The molecule has 4 heteroatoms. The summed E-state index contributed by atoms with van der Waals surface area (Å²) in [7, 11) is 0. The minimum atomic E-state index is -0.129. The molecule has 1 heterocycles. The van der Waals surface area contributed by atoms with E-state index < -0.39 is 0 Å². The molecule has 6 rings (SSSR count). The highest BCUT2D eigenvalue weighted by Crippen LogP contribution is 2.38. The molecule has 1 aliphatic heterocycles. The molecule has 1 amide bonds. The van der Waals surface area contributed by atoms with Gasteiger partial charge in [0.2, 0.25) is 0 Å². The van der Waals surface area contributed by atoms with E-state index >= 15 is 0 Å². The maximum absolute atomic E-state index is 11.8. The van der Waals surface area contributed by atoms with Crippen molar-refractivity contribution >= 4 is 23.2 Å². The Morgan fingerprint density at radius 3 is 2.54 bits per heavy atom. The maximum Gasteiger partial charge on any atom is 0.262 e. The average molecular weight is 460 g/mol. The molecule has 35 heavy (non-hydrogen) atoms. The first-order chi connectivity index (χ1) is 17.2. The number of carbonyl (C=O) groups is 1. The minimum absolute atomic E-state index is 0.0584. The SMILES string of the molecule is O=C1COc2ccc(/C=C3\c4ccccc4CCc4cc(OCc5ccccc5)ccc43)cc2N1. The molecular weight excluding hydrogens is 434 g/mol. The van der Waals surface area contributed by atoms with Gasteiger partial charge in [0, 0.05) is 0 Å². The fourth-order valence-corrected chi connectivity index (χ4v) is 4.80. The number of hydrogen-bond donors (Lipinski definition) is 1. The van der Waals surface area contributed by atoms with Crippen molar-refractivity contribution in [2.75, 3.05) is 11.9 Å². The number of ether oxygens (including phenoxy) is 2. The summed E-state index contributed by atoms with van der Waals surface area (Å²) < 4.78 is 11.7. The van der Waals surface area contributed by atoms with Crippen LogP contribution in [0, 0.1) is 0 Å². The molecule has 4 nitrogen and oxygen atoms in total. The van der Waals surface area contributed by atoms with Gasteiger partial charge < -0.3 is 14.8 Å². The van der Waals surface area contributed by atoms with Crippen LogP contribution in [0.1, 0.15) is 33.4 Å². The molecule has 0 fully saturated rings. The molecule has 0 aromatic heterocycles. The third-order valence-corrected chi connectivity index (χ3v) is 6.53. The lowest BCUT2D eigenvalue weighted by Crippen LogP contribution is -2.25. The van der Waals surface area contributed by atoms with Gasteiger partial charge in [-0.05, 0) is 82.1 Å². The summed E-state index contributed by atoms with van der Waals surface area (Å²) in [5.41, 5.74) is 9.09. The van der Waals surface area contributed by atoms with Crippen LogP contribution in [0.5, 0.6) is 11.5 Å². The third kappa shape index (κ3) is 4.43. The molecule has 0 unspecified atom stereocenters. The highest BCUT2D eigenvalue weighted by atomic mass is 16.5. The number of benzene rings is 4. The van der Waals surface area contributed by atoms with E-state index in [0.29, 0.717) is 18.0 Å². The lowest BCUT2D eigenvalue weighted by Gasteiger charge is -2.18. The van der Waals surface area contributed by atoms with Crippen molar-refractivity contribution in [3.63, 3.8) is 0 Å². The summed E-state index contributed by atoms with van der Waals surface area (Å²) in [5.74, 6) is 1.45. The Labute approximate surface area is 204 Å². The summed E-state index contributed by atoms with van der Waals surface area (Å²) in [6.07, 6.45) is 4.12. The van der Waals surface area contributed by atoms with Crippen LogP contribution in [0.15, 0.2) is 91.0 Å². The van der Waals surface area contributed by atoms with Crippen LogP contribution in [0.4, 0.5) is 5.69 Å². The second-order valence-corrected chi connectivity index (χ2v) is 8.90. The molecule has 1 N–H and O–H groups in total. The van der Waals surface area contributed by atoms with Crippen molar-refractivity contribution < 1.29 is 14.3 Å². The van der Waals surface area contributed by atoms with Gasteiger partial charge in [-0.2, -0.15) is 0 Å². The van der Waals surface area contributed by atoms with Crippen LogP contribution in [-0.4, -0.2) is 12.5 Å². The molecule has 0 saturated carbocycles. The molecule has 0 saturated heterocycles. The molecule has 0 spiro atoms. The van der Waals surface area contributed by atoms with Gasteiger partial charge in [-0.25, -0.2) is 0 Å². The van der Waals surface area contributed by atoms with Crippen molar-refractivity contribution in [2.24, 2.45) is 0 Å². The molecule has 172 valence electrons. The molecule has 0 bridgehead atoms. The second-order valence-electron chi connectivity index (χ2n) is 8.90. The number of anilines is 1. The number of amides is 1. The van der Waals surface area contributed by atoms with Crippen LogP contribution in [0.3, 0.4) is 0 Å². The van der Waals surface area contributed by atoms with Gasteiger partial charge in [0.05, 0.1) is 5.69 Å². The number of aryl methyl sites for hydroxylation is 2. The van der Waals surface area contributed by atoms with E-state index in [9.17, 15) is 4.79 Å². The number of rotatable bonds is 4. The number of hydrogen-bond acceptors (Lipinski definition) is 3.